The number of amides is 1. The van der Waals surface area contributed by atoms with E-state index in [1.165, 1.54) is 0 Å². The number of aryl methyl sites for hydroxylation is 1. The Morgan fingerprint density at radius 2 is 1.70 bits per heavy atom. The minimum atomic E-state index is -0.142. The van der Waals surface area contributed by atoms with Crippen LogP contribution in [0.15, 0.2) is 85.1 Å². The van der Waals surface area contributed by atoms with Gasteiger partial charge in [-0.3, -0.25) is 9.78 Å². The van der Waals surface area contributed by atoms with Crippen molar-refractivity contribution >= 4 is 22.6 Å². The largest absolute Gasteiger partial charge is 0.493 e. The summed E-state index contributed by atoms with van der Waals surface area (Å²) in [5.41, 5.74) is 5.64. The number of aromatic nitrogens is 3. The molecule has 1 N–H and O–H groups in total. The molecule has 7 nitrogen and oxygen atoms in total. The number of pyridine rings is 1. The van der Waals surface area contributed by atoms with E-state index in [9.17, 15) is 4.79 Å². The first-order valence-electron chi connectivity index (χ1n) is 12.0. The molecule has 0 unspecified atom stereocenters. The van der Waals surface area contributed by atoms with Crippen molar-refractivity contribution in [3.05, 3.63) is 102 Å². The minimum Gasteiger partial charge on any atom is -0.493 e. The van der Waals surface area contributed by atoms with Crippen LogP contribution in [-0.4, -0.2) is 34.9 Å². The first-order valence-corrected chi connectivity index (χ1v) is 12.0. The summed E-state index contributed by atoms with van der Waals surface area (Å²) in [6.07, 6.45) is 1.85. The number of benzene rings is 3. The van der Waals surface area contributed by atoms with Gasteiger partial charge in [-0.25, -0.2) is 4.68 Å². The second-order valence-electron chi connectivity index (χ2n) is 8.69. The fourth-order valence-electron chi connectivity index (χ4n) is 4.68. The molecule has 7 heteroatoms. The molecule has 5 rings (SSSR count). The third kappa shape index (κ3) is 4.89. The second-order valence-corrected chi connectivity index (χ2v) is 8.69. The van der Waals surface area contributed by atoms with Crippen LogP contribution in [0.2, 0.25) is 0 Å². The molecule has 0 aliphatic carbocycles. The number of rotatable bonds is 8. The summed E-state index contributed by atoms with van der Waals surface area (Å²) in [5.74, 6) is 1.74. The molecule has 0 aliphatic heterocycles. The lowest BCUT2D eigenvalue weighted by Crippen LogP contribution is -2.19. The van der Waals surface area contributed by atoms with Crippen LogP contribution in [0.3, 0.4) is 0 Å². The van der Waals surface area contributed by atoms with Gasteiger partial charge in [0.2, 0.25) is 5.91 Å². The fourth-order valence-corrected chi connectivity index (χ4v) is 4.68. The molecule has 0 bridgehead atoms. The van der Waals surface area contributed by atoms with Crippen molar-refractivity contribution in [1.29, 1.82) is 0 Å². The van der Waals surface area contributed by atoms with Gasteiger partial charge in [0.15, 0.2) is 11.5 Å². The summed E-state index contributed by atoms with van der Waals surface area (Å²) in [5, 5.41) is 8.49. The number of nitrogens with one attached hydrogen (secondary N) is 1. The van der Waals surface area contributed by atoms with Gasteiger partial charge in [-0.15, -0.1) is 0 Å². The highest BCUT2D eigenvalue weighted by atomic mass is 16.5. The Morgan fingerprint density at radius 3 is 2.49 bits per heavy atom. The monoisotopic (exact) mass is 492 g/mol. The topological polar surface area (TPSA) is 78.3 Å². The second kappa shape index (κ2) is 10.5. The molecule has 37 heavy (non-hydrogen) atoms. The van der Waals surface area contributed by atoms with E-state index in [1.807, 2.05) is 61.5 Å². The van der Waals surface area contributed by atoms with Crippen molar-refractivity contribution in [1.82, 2.24) is 14.8 Å². The third-order valence-corrected chi connectivity index (χ3v) is 6.39. The van der Waals surface area contributed by atoms with E-state index < -0.39 is 0 Å². The van der Waals surface area contributed by atoms with E-state index in [0.717, 1.165) is 38.9 Å². The fraction of sp³-hybridized carbons (Fsp3) is 0.167. The van der Waals surface area contributed by atoms with Crippen molar-refractivity contribution in [2.24, 2.45) is 0 Å². The Hall–Kier alpha value is -4.65. The number of methoxy groups -OCH3 is 2. The van der Waals surface area contributed by atoms with Gasteiger partial charge in [-0.05, 0) is 35.7 Å². The molecule has 3 aromatic carbocycles. The van der Waals surface area contributed by atoms with Gasteiger partial charge in [-0.2, -0.15) is 5.10 Å². The molecule has 2 heterocycles. The molecular formula is C30H28N4O3. The van der Waals surface area contributed by atoms with Gasteiger partial charge in [0, 0.05) is 22.7 Å². The summed E-state index contributed by atoms with van der Waals surface area (Å²) < 4.78 is 12.7. The van der Waals surface area contributed by atoms with Crippen LogP contribution >= 0.6 is 0 Å². The van der Waals surface area contributed by atoms with E-state index in [-0.39, 0.29) is 12.3 Å². The SMILES string of the molecule is COc1cccc(Cn2nccc2NC(=O)Cc2c(C)nc3ccccc3c2-c2ccccc2)c1OC. The predicted octanol–water partition coefficient (Wildman–Crippen LogP) is 5.65. The molecule has 0 fully saturated rings. The number of hydrogen-bond acceptors (Lipinski definition) is 5. The van der Waals surface area contributed by atoms with Gasteiger partial charge in [0.25, 0.3) is 0 Å². The van der Waals surface area contributed by atoms with Gasteiger partial charge in [0.05, 0.1) is 38.9 Å². The number of carbonyl (C=O) groups excluding carboxylic acids is 1. The summed E-state index contributed by atoms with van der Waals surface area (Å²) in [7, 11) is 3.21. The van der Waals surface area contributed by atoms with Crippen LogP contribution in [-0.2, 0) is 17.8 Å². The predicted molar refractivity (Wildman–Crippen MR) is 145 cm³/mol. The zero-order valence-electron chi connectivity index (χ0n) is 21.1. The number of para-hydroxylation sites is 2. The minimum absolute atomic E-state index is 0.142. The van der Waals surface area contributed by atoms with E-state index >= 15 is 0 Å². The number of hydrogen-bond donors (Lipinski definition) is 1. The first kappa shape index (κ1) is 24.1. The maximum Gasteiger partial charge on any atom is 0.230 e. The summed E-state index contributed by atoms with van der Waals surface area (Å²) in [6.45, 7) is 2.37. The zero-order chi connectivity index (χ0) is 25.8. The molecule has 5 aromatic rings. The first-order chi connectivity index (χ1) is 18.1. The Bertz CT molecular complexity index is 1560. The number of nitrogens with zero attached hydrogens (tertiary/aromatic N) is 3. The summed E-state index contributed by atoms with van der Waals surface area (Å²) in [6, 6.07) is 25.7. The number of carbonyl (C=O) groups is 1. The number of ether oxygens (including phenoxy) is 2. The van der Waals surface area contributed by atoms with Gasteiger partial charge < -0.3 is 14.8 Å². The standard InChI is InChI=1S/C30H28N4O3/c1-20-24(29(21-10-5-4-6-11-21)23-13-7-8-14-25(23)32-20)18-28(35)33-27-16-17-31-34(27)19-22-12-9-15-26(36-2)30(22)37-3/h4-17H,18-19H2,1-3H3,(H,33,35). The molecule has 1 amide bonds. The van der Waals surface area contributed by atoms with Crippen LogP contribution in [0.5, 0.6) is 11.5 Å². The molecule has 0 spiro atoms. The van der Waals surface area contributed by atoms with Crippen LogP contribution < -0.4 is 14.8 Å². The Balaban J connectivity index is 1.44. The van der Waals surface area contributed by atoms with Gasteiger partial charge in [-0.1, -0.05) is 60.7 Å². The van der Waals surface area contributed by atoms with Gasteiger partial charge >= 0.3 is 0 Å². The zero-order valence-corrected chi connectivity index (χ0v) is 21.1. The third-order valence-electron chi connectivity index (χ3n) is 6.39. The van der Waals surface area contributed by atoms with Crippen molar-refractivity contribution in [2.45, 2.75) is 19.9 Å². The number of anilines is 1. The maximum atomic E-state index is 13.4. The van der Waals surface area contributed by atoms with E-state index in [4.69, 9.17) is 14.5 Å². The lowest BCUT2D eigenvalue weighted by atomic mass is 9.92. The quantitative estimate of drug-likeness (QED) is 0.303. The average molecular weight is 493 g/mol. The molecule has 2 aromatic heterocycles. The molecule has 0 saturated carbocycles. The summed E-state index contributed by atoms with van der Waals surface area (Å²) in [4.78, 5) is 18.2. The van der Waals surface area contributed by atoms with Crippen molar-refractivity contribution in [3.63, 3.8) is 0 Å². The van der Waals surface area contributed by atoms with Crippen LogP contribution in [0, 0.1) is 6.92 Å². The van der Waals surface area contributed by atoms with E-state index in [2.05, 4.69) is 28.6 Å². The smallest absolute Gasteiger partial charge is 0.230 e. The average Bonchev–Trinajstić information content (AvgIpc) is 3.35. The van der Waals surface area contributed by atoms with Crippen molar-refractivity contribution < 1.29 is 14.3 Å². The molecule has 0 radical (unpaired) electrons. The van der Waals surface area contributed by atoms with Gasteiger partial charge in [0.1, 0.15) is 5.82 Å². The highest BCUT2D eigenvalue weighted by Crippen LogP contribution is 2.34. The molecule has 0 atom stereocenters. The molecule has 0 aliphatic rings. The van der Waals surface area contributed by atoms with Crippen LogP contribution in [0.4, 0.5) is 5.82 Å². The Morgan fingerprint density at radius 1 is 0.919 bits per heavy atom. The molecule has 186 valence electrons. The Labute approximate surface area is 215 Å². The van der Waals surface area contributed by atoms with E-state index in [0.29, 0.717) is 23.9 Å². The highest BCUT2D eigenvalue weighted by molar-refractivity contribution is 6.00. The van der Waals surface area contributed by atoms with E-state index in [1.54, 1.807) is 31.2 Å². The normalized spacial score (nSPS) is 10.9. The lowest BCUT2D eigenvalue weighted by molar-refractivity contribution is -0.115. The van der Waals surface area contributed by atoms with Crippen LogP contribution in [0.25, 0.3) is 22.0 Å². The molecular weight excluding hydrogens is 464 g/mol. The number of fused-ring (bicyclic) bond motifs is 1. The van der Waals surface area contributed by atoms with Crippen LogP contribution in [0.1, 0.15) is 16.8 Å². The van der Waals surface area contributed by atoms with Crippen molar-refractivity contribution in [2.75, 3.05) is 19.5 Å². The lowest BCUT2D eigenvalue weighted by Gasteiger charge is -2.17. The highest BCUT2D eigenvalue weighted by Gasteiger charge is 2.19. The summed E-state index contributed by atoms with van der Waals surface area (Å²) >= 11 is 0. The Kier molecular flexibility index (Phi) is 6.85. The van der Waals surface area contributed by atoms with Crippen molar-refractivity contribution in [3.8, 4) is 22.6 Å². The maximum absolute atomic E-state index is 13.4. The molecule has 0 saturated heterocycles.